The molecule has 0 aliphatic carbocycles. The molecule has 0 bridgehead atoms. The number of benzene rings is 2. The number of esters is 1. The van der Waals surface area contributed by atoms with Crippen molar-refractivity contribution in [3.8, 4) is 17.2 Å². The highest BCUT2D eigenvalue weighted by molar-refractivity contribution is 5.74. The van der Waals surface area contributed by atoms with Gasteiger partial charge in [0.1, 0.15) is 22.9 Å². The lowest BCUT2D eigenvalue weighted by molar-refractivity contribution is -0.275. The quantitative estimate of drug-likeness (QED) is 0.0419. The molecule has 0 aromatic heterocycles. The molecule has 2 fully saturated rings. The topological polar surface area (TPSA) is 136 Å². The second-order valence-electron chi connectivity index (χ2n) is 17.8. The monoisotopic (exact) mass is 897 g/mol. The molecule has 4 rings (SSSR count). The van der Waals surface area contributed by atoms with E-state index < -0.39 is 18.2 Å². The van der Waals surface area contributed by atoms with Crippen LogP contribution < -0.4 is 14.2 Å². The molecular weight excluding hydrogens is 813 g/mol. The fourth-order valence-corrected chi connectivity index (χ4v) is 8.31. The zero-order valence-electron chi connectivity index (χ0n) is 40.4. The molecule has 12 heteroatoms. The maximum Gasteiger partial charge on any atom is 0.347 e. The number of aliphatic hydroxyl groups excluding tert-OH is 1. The number of carbonyl (C=O) groups excluding carboxylic acids is 1. The highest BCUT2D eigenvalue weighted by Crippen LogP contribution is 2.35. The molecule has 12 nitrogen and oxygen atoms in total. The van der Waals surface area contributed by atoms with Crippen LogP contribution in [0.3, 0.4) is 0 Å². The van der Waals surface area contributed by atoms with E-state index in [4.69, 9.17) is 37.9 Å². The second-order valence-corrected chi connectivity index (χ2v) is 17.8. The van der Waals surface area contributed by atoms with E-state index in [1.165, 1.54) is 44.9 Å². The van der Waals surface area contributed by atoms with Gasteiger partial charge < -0.3 is 43.0 Å². The molecule has 2 aromatic carbocycles. The van der Waals surface area contributed by atoms with Crippen molar-refractivity contribution in [1.29, 1.82) is 0 Å². The number of hydrogen-bond donors (Lipinski definition) is 1. The van der Waals surface area contributed by atoms with Crippen molar-refractivity contribution >= 4 is 17.3 Å². The first kappa shape index (κ1) is 53.3. The number of hydrogen-bond acceptors (Lipinski definition) is 12. The lowest BCUT2D eigenvalue weighted by atomic mass is 9.96. The lowest BCUT2D eigenvalue weighted by Crippen LogP contribution is -2.44. The molecule has 0 spiro atoms. The summed E-state index contributed by atoms with van der Waals surface area (Å²) in [7, 11) is 0. The van der Waals surface area contributed by atoms with Crippen LogP contribution in [-0.4, -0.2) is 80.1 Å². The molecule has 362 valence electrons. The van der Waals surface area contributed by atoms with Crippen molar-refractivity contribution in [3.63, 3.8) is 0 Å². The Hall–Kier alpha value is -3.29. The summed E-state index contributed by atoms with van der Waals surface area (Å²) in [6, 6.07) is 12.8. The maximum absolute atomic E-state index is 12.4. The van der Waals surface area contributed by atoms with E-state index in [0.29, 0.717) is 49.1 Å². The predicted octanol–water partition coefficient (Wildman–Crippen LogP) is 13.4. The molecule has 2 aromatic rings. The first-order chi connectivity index (χ1) is 31.2. The summed E-state index contributed by atoms with van der Waals surface area (Å²) in [6.07, 6.45) is 21.8. The minimum absolute atomic E-state index is 0.00128. The van der Waals surface area contributed by atoms with Crippen molar-refractivity contribution in [1.82, 2.24) is 0 Å². The van der Waals surface area contributed by atoms with Gasteiger partial charge in [-0.05, 0) is 109 Å². The van der Waals surface area contributed by atoms with Crippen LogP contribution in [0.15, 0.2) is 52.7 Å². The van der Waals surface area contributed by atoms with Gasteiger partial charge in [-0.25, -0.2) is 4.79 Å². The highest BCUT2D eigenvalue weighted by atomic mass is 16.7. The van der Waals surface area contributed by atoms with E-state index in [1.54, 1.807) is 19.1 Å². The number of carbonyl (C=O) groups is 1. The molecule has 8 atom stereocenters. The molecule has 2 saturated heterocycles. The molecule has 0 radical (unpaired) electrons. The first-order valence-corrected chi connectivity index (χ1v) is 25.2. The third kappa shape index (κ3) is 21.3. The SMILES string of the molecule is CCCCCCCC1OC(CC)CC(CC2CC(CC(C)O)OC(CCCCCCCCCCOc3ccc(OC(C)C(=O)OCCCC)cc3/N=N/c3ccc(OCC)cc3)O2)O1. The summed E-state index contributed by atoms with van der Waals surface area (Å²) in [4.78, 5) is 12.4. The van der Waals surface area contributed by atoms with E-state index in [0.717, 1.165) is 95.6 Å². The van der Waals surface area contributed by atoms with Crippen LogP contribution in [-0.2, 0) is 28.5 Å². The van der Waals surface area contributed by atoms with E-state index in [1.807, 2.05) is 44.2 Å². The smallest absolute Gasteiger partial charge is 0.347 e. The second kappa shape index (κ2) is 31.6. The predicted molar refractivity (Wildman–Crippen MR) is 252 cm³/mol. The molecule has 2 heterocycles. The van der Waals surface area contributed by atoms with Gasteiger partial charge in [-0.3, -0.25) is 0 Å². The summed E-state index contributed by atoms with van der Waals surface area (Å²) in [5.41, 5.74) is 1.20. The largest absolute Gasteiger partial charge is 0.494 e. The Kier molecular flexibility index (Phi) is 26.3. The van der Waals surface area contributed by atoms with E-state index >= 15 is 0 Å². The zero-order valence-corrected chi connectivity index (χ0v) is 40.4. The molecule has 0 amide bonds. The normalized spacial score (nSPS) is 22.3. The van der Waals surface area contributed by atoms with Crippen LogP contribution in [0.25, 0.3) is 0 Å². The number of azo groups is 1. The van der Waals surface area contributed by atoms with Crippen molar-refractivity contribution in [2.75, 3.05) is 19.8 Å². The Morgan fingerprint density at radius 1 is 0.656 bits per heavy atom. The van der Waals surface area contributed by atoms with E-state index in [9.17, 15) is 9.90 Å². The van der Waals surface area contributed by atoms with Crippen LogP contribution >= 0.6 is 0 Å². The van der Waals surface area contributed by atoms with Gasteiger partial charge in [0.05, 0.1) is 56.0 Å². The van der Waals surface area contributed by atoms with Crippen LogP contribution in [0, 0.1) is 0 Å². The lowest BCUT2D eigenvalue weighted by Gasteiger charge is -2.40. The fraction of sp³-hybridized carbons (Fsp3) is 0.750. The average molecular weight is 897 g/mol. The molecule has 2 aliphatic heterocycles. The van der Waals surface area contributed by atoms with E-state index in [-0.39, 0.29) is 37.0 Å². The highest BCUT2D eigenvalue weighted by Gasteiger charge is 2.36. The van der Waals surface area contributed by atoms with Gasteiger partial charge in [-0.2, -0.15) is 5.11 Å². The molecule has 8 unspecified atom stereocenters. The first-order valence-electron chi connectivity index (χ1n) is 25.2. The summed E-state index contributed by atoms with van der Waals surface area (Å²) >= 11 is 0. The van der Waals surface area contributed by atoms with Crippen molar-refractivity contribution < 1.29 is 47.8 Å². The zero-order chi connectivity index (χ0) is 45.8. The molecule has 2 aliphatic rings. The van der Waals surface area contributed by atoms with Gasteiger partial charge in [-0.15, -0.1) is 5.11 Å². The Morgan fingerprint density at radius 2 is 1.23 bits per heavy atom. The van der Waals surface area contributed by atoms with Gasteiger partial charge in [-0.1, -0.05) is 91.4 Å². The van der Waals surface area contributed by atoms with Crippen LogP contribution in [0.2, 0.25) is 0 Å². The molecule has 1 N–H and O–H groups in total. The maximum atomic E-state index is 12.4. The van der Waals surface area contributed by atoms with Gasteiger partial charge in [0.2, 0.25) is 0 Å². The van der Waals surface area contributed by atoms with Gasteiger partial charge in [0.15, 0.2) is 18.7 Å². The minimum atomic E-state index is -0.762. The van der Waals surface area contributed by atoms with Gasteiger partial charge in [0, 0.05) is 25.3 Å². The van der Waals surface area contributed by atoms with Crippen LogP contribution in [0.5, 0.6) is 17.2 Å². The molecule has 64 heavy (non-hydrogen) atoms. The summed E-state index contributed by atoms with van der Waals surface area (Å²) in [5, 5.41) is 19.2. The van der Waals surface area contributed by atoms with Crippen molar-refractivity contribution in [2.24, 2.45) is 10.2 Å². The summed E-state index contributed by atoms with van der Waals surface area (Å²) in [6.45, 7) is 13.5. The molecule has 0 saturated carbocycles. The number of unbranched alkanes of at least 4 members (excludes halogenated alkanes) is 12. The number of nitrogens with zero attached hydrogens (tertiary/aromatic N) is 2. The van der Waals surface area contributed by atoms with Crippen molar-refractivity contribution in [3.05, 3.63) is 42.5 Å². The third-order valence-electron chi connectivity index (χ3n) is 11.9. The van der Waals surface area contributed by atoms with Gasteiger partial charge in [0.25, 0.3) is 0 Å². The summed E-state index contributed by atoms with van der Waals surface area (Å²) < 4.78 is 48.8. The summed E-state index contributed by atoms with van der Waals surface area (Å²) in [5.74, 6) is 1.47. The van der Waals surface area contributed by atoms with Gasteiger partial charge >= 0.3 is 5.97 Å². The Labute approximate surface area is 385 Å². The number of aliphatic hydroxyl groups is 1. The Bertz CT molecular complexity index is 1560. The number of ether oxygens (including phenoxy) is 8. The molecular formula is C52H84N2O10. The van der Waals surface area contributed by atoms with Crippen LogP contribution in [0.1, 0.15) is 183 Å². The third-order valence-corrected chi connectivity index (χ3v) is 11.9. The van der Waals surface area contributed by atoms with E-state index in [2.05, 4.69) is 31.0 Å². The Balaban J connectivity index is 1.16. The van der Waals surface area contributed by atoms with Crippen molar-refractivity contribution in [2.45, 2.75) is 232 Å². The standard InChI is InChI=1S/C52H84N2O10/c1-7-11-13-18-21-24-50-61-42(9-3)35-46(63-50)37-47-36-45(34-39(5)55)62-51(64-47)25-22-19-16-14-15-17-20-23-33-58-49-31-30-44(60-40(6)52(56)59-32-12-8-2)38-48(49)54-53-41-26-28-43(29-27-41)57-10-4/h26-31,38-40,42,45-47,50-51,55H,7-25,32-37H2,1-6H3/b54-53+. The van der Waals surface area contributed by atoms with Crippen LogP contribution in [0.4, 0.5) is 11.4 Å². The minimum Gasteiger partial charge on any atom is -0.494 e. The fourth-order valence-electron chi connectivity index (χ4n) is 8.31. The number of rotatable bonds is 33. The Morgan fingerprint density at radius 3 is 1.86 bits per heavy atom. The average Bonchev–Trinajstić information content (AvgIpc) is 3.28.